The molecule has 3 N–H and O–H groups in total. The lowest BCUT2D eigenvalue weighted by molar-refractivity contribution is 0.305. The summed E-state index contributed by atoms with van der Waals surface area (Å²) in [5.74, 6) is 2.70. The first kappa shape index (κ1) is 36.5. The predicted octanol–water partition coefficient (Wildman–Crippen LogP) is 12.8. The van der Waals surface area contributed by atoms with E-state index in [-0.39, 0.29) is 0 Å². The molecule has 0 aliphatic rings. The Kier molecular flexibility index (Phi) is 16.4. The van der Waals surface area contributed by atoms with Crippen LogP contribution in [0.5, 0.6) is 17.2 Å². The summed E-state index contributed by atoms with van der Waals surface area (Å²) < 4.78 is 17.9. The number of unbranched alkanes of at least 4 members (excludes halogenated alkanes) is 9. The van der Waals surface area contributed by atoms with E-state index in [9.17, 15) is 0 Å². The molecule has 4 rings (SSSR count). The maximum atomic E-state index is 5.95. The molecule has 0 aliphatic heterocycles. The third-order valence-electron chi connectivity index (χ3n) is 8.16. The standard InChI is InChI=1S/C42H57N3O3/c1-4-7-10-13-28-46-40-22-16-34(17-23-40)43-37-31-38(44-35-18-24-41(25-19-35)47-29-14-11-8-5-2)33-39(32-37)45-36-20-26-42(27-21-36)48-30-15-12-9-6-3/h16-27,31-33,43-45H,4-15,28-30H2,1-3H3. The van der Waals surface area contributed by atoms with Gasteiger partial charge < -0.3 is 30.2 Å². The molecule has 0 radical (unpaired) electrons. The van der Waals surface area contributed by atoms with Gasteiger partial charge in [0.1, 0.15) is 17.2 Å². The Morgan fingerprint density at radius 2 is 0.604 bits per heavy atom. The third kappa shape index (κ3) is 13.8. The molecule has 0 fully saturated rings. The number of rotatable bonds is 24. The van der Waals surface area contributed by atoms with E-state index in [1.165, 1.54) is 57.8 Å². The first-order valence-corrected chi connectivity index (χ1v) is 18.3. The first-order chi connectivity index (χ1) is 23.6. The van der Waals surface area contributed by atoms with Crippen molar-refractivity contribution in [1.29, 1.82) is 0 Å². The molecule has 0 spiro atoms. The highest BCUT2D eigenvalue weighted by Crippen LogP contribution is 2.31. The Morgan fingerprint density at radius 1 is 0.333 bits per heavy atom. The molecule has 0 amide bonds. The minimum Gasteiger partial charge on any atom is -0.494 e. The van der Waals surface area contributed by atoms with E-state index in [0.717, 1.165) is 90.5 Å². The minimum atomic E-state index is 0.758. The molecule has 4 aromatic carbocycles. The van der Waals surface area contributed by atoms with Gasteiger partial charge in [0, 0.05) is 34.1 Å². The van der Waals surface area contributed by atoms with Crippen LogP contribution in [0.1, 0.15) is 97.8 Å². The Balaban J connectivity index is 1.42. The Bertz CT molecular complexity index is 1240. The Hall–Kier alpha value is -4.32. The van der Waals surface area contributed by atoms with Crippen molar-refractivity contribution in [1.82, 2.24) is 0 Å². The van der Waals surface area contributed by atoms with Crippen molar-refractivity contribution in [3.05, 3.63) is 91.0 Å². The van der Waals surface area contributed by atoms with Crippen LogP contribution in [0.2, 0.25) is 0 Å². The normalized spacial score (nSPS) is 10.8. The van der Waals surface area contributed by atoms with Crippen molar-refractivity contribution >= 4 is 34.1 Å². The van der Waals surface area contributed by atoms with Gasteiger partial charge in [0.2, 0.25) is 0 Å². The molecule has 258 valence electrons. The summed E-state index contributed by atoms with van der Waals surface area (Å²) >= 11 is 0. The smallest absolute Gasteiger partial charge is 0.119 e. The van der Waals surface area contributed by atoms with Gasteiger partial charge in [-0.3, -0.25) is 0 Å². The lowest BCUT2D eigenvalue weighted by Crippen LogP contribution is -2.00. The molecule has 0 saturated carbocycles. The Labute approximate surface area is 289 Å². The van der Waals surface area contributed by atoms with Gasteiger partial charge in [0.05, 0.1) is 19.8 Å². The van der Waals surface area contributed by atoms with Gasteiger partial charge in [-0.15, -0.1) is 0 Å². The molecular formula is C42H57N3O3. The van der Waals surface area contributed by atoms with Gasteiger partial charge in [-0.2, -0.15) is 0 Å². The molecule has 0 heterocycles. The van der Waals surface area contributed by atoms with Gasteiger partial charge in [-0.05, 0) is 110 Å². The van der Waals surface area contributed by atoms with Crippen LogP contribution in [-0.2, 0) is 0 Å². The summed E-state index contributed by atoms with van der Waals surface area (Å²) in [4.78, 5) is 0. The van der Waals surface area contributed by atoms with Crippen molar-refractivity contribution < 1.29 is 14.2 Å². The van der Waals surface area contributed by atoms with Gasteiger partial charge in [-0.25, -0.2) is 0 Å². The van der Waals surface area contributed by atoms with Crippen LogP contribution in [0.25, 0.3) is 0 Å². The highest BCUT2D eigenvalue weighted by Gasteiger charge is 2.06. The van der Waals surface area contributed by atoms with Crippen LogP contribution in [-0.4, -0.2) is 19.8 Å². The second kappa shape index (κ2) is 21.5. The average Bonchev–Trinajstić information content (AvgIpc) is 3.10. The summed E-state index contributed by atoms with van der Waals surface area (Å²) in [5, 5.41) is 10.8. The second-order valence-electron chi connectivity index (χ2n) is 12.5. The molecule has 48 heavy (non-hydrogen) atoms. The van der Waals surface area contributed by atoms with Crippen LogP contribution in [0.15, 0.2) is 91.0 Å². The molecule has 0 aliphatic carbocycles. The SMILES string of the molecule is CCCCCCOc1ccc(Nc2cc(Nc3ccc(OCCCCCC)cc3)cc(Nc3ccc(OCCCCCC)cc3)c2)cc1. The monoisotopic (exact) mass is 651 g/mol. The fourth-order valence-corrected chi connectivity index (χ4v) is 5.40. The molecule has 4 aromatic rings. The zero-order chi connectivity index (χ0) is 33.7. The second-order valence-corrected chi connectivity index (χ2v) is 12.5. The highest BCUT2D eigenvalue weighted by molar-refractivity contribution is 5.76. The molecule has 0 saturated heterocycles. The molecule has 0 aromatic heterocycles. The topological polar surface area (TPSA) is 63.8 Å². The van der Waals surface area contributed by atoms with Crippen molar-refractivity contribution in [3.63, 3.8) is 0 Å². The lowest BCUT2D eigenvalue weighted by Gasteiger charge is -2.16. The number of anilines is 6. The van der Waals surface area contributed by atoms with E-state index in [0.29, 0.717) is 0 Å². The van der Waals surface area contributed by atoms with Gasteiger partial charge in [-0.1, -0.05) is 78.6 Å². The summed E-state index contributed by atoms with van der Waals surface area (Å²) in [6, 6.07) is 31.0. The number of nitrogens with one attached hydrogen (secondary N) is 3. The third-order valence-corrected chi connectivity index (χ3v) is 8.16. The maximum Gasteiger partial charge on any atom is 0.119 e. The van der Waals surface area contributed by atoms with E-state index in [4.69, 9.17) is 14.2 Å². The van der Waals surface area contributed by atoms with Crippen molar-refractivity contribution in [2.24, 2.45) is 0 Å². The molecular weight excluding hydrogens is 594 g/mol. The quantitative estimate of drug-likeness (QED) is 0.0655. The molecule has 6 nitrogen and oxygen atoms in total. The zero-order valence-electron chi connectivity index (χ0n) is 29.5. The summed E-state index contributed by atoms with van der Waals surface area (Å²) in [6.07, 6.45) is 14.4. The first-order valence-electron chi connectivity index (χ1n) is 18.3. The predicted molar refractivity (Wildman–Crippen MR) is 205 cm³/mol. The highest BCUT2D eigenvalue weighted by atomic mass is 16.5. The van der Waals surface area contributed by atoms with Crippen molar-refractivity contribution in [2.75, 3.05) is 35.8 Å². The van der Waals surface area contributed by atoms with Crippen LogP contribution in [0, 0.1) is 0 Å². The average molecular weight is 652 g/mol. The molecule has 0 atom stereocenters. The minimum absolute atomic E-state index is 0.758. The fourth-order valence-electron chi connectivity index (χ4n) is 5.40. The van der Waals surface area contributed by atoms with Crippen LogP contribution < -0.4 is 30.2 Å². The van der Waals surface area contributed by atoms with Crippen LogP contribution in [0.3, 0.4) is 0 Å². The van der Waals surface area contributed by atoms with E-state index in [1.807, 2.05) is 36.4 Å². The summed E-state index contributed by atoms with van der Waals surface area (Å²) in [6.45, 7) is 8.95. The summed E-state index contributed by atoms with van der Waals surface area (Å²) in [7, 11) is 0. The maximum absolute atomic E-state index is 5.95. The van der Waals surface area contributed by atoms with E-state index in [2.05, 4.69) is 91.3 Å². The van der Waals surface area contributed by atoms with E-state index in [1.54, 1.807) is 0 Å². The largest absolute Gasteiger partial charge is 0.494 e. The van der Waals surface area contributed by atoms with Gasteiger partial charge in [0.15, 0.2) is 0 Å². The van der Waals surface area contributed by atoms with Crippen molar-refractivity contribution in [3.8, 4) is 17.2 Å². The lowest BCUT2D eigenvalue weighted by atomic mass is 10.2. The van der Waals surface area contributed by atoms with Gasteiger partial charge >= 0.3 is 0 Å². The number of ether oxygens (including phenoxy) is 3. The molecule has 0 unspecified atom stereocenters. The number of hydrogen-bond acceptors (Lipinski definition) is 6. The number of benzene rings is 4. The Morgan fingerprint density at radius 3 is 0.854 bits per heavy atom. The molecule has 0 bridgehead atoms. The summed E-state index contributed by atoms with van der Waals surface area (Å²) in [5.41, 5.74) is 5.89. The van der Waals surface area contributed by atoms with E-state index < -0.39 is 0 Å². The fraction of sp³-hybridized carbons (Fsp3) is 0.429. The van der Waals surface area contributed by atoms with Crippen molar-refractivity contribution in [2.45, 2.75) is 97.8 Å². The van der Waals surface area contributed by atoms with Crippen LogP contribution in [0.4, 0.5) is 34.1 Å². The van der Waals surface area contributed by atoms with E-state index >= 15 is 0 Å². The molecule has 6 heteroatoms. The van der Waals surface area contributed by atoms with Gasteiger partial charge in [0.25, 0.3) is 0 Å². The number of hydrogen-bond donors (Lipinski definition) is 3. The van der Waals surface area contributed by atoms with Crippen LogP contribution >= 0.6 is 0 Å². The zero-order valence-corrected chi connectivity index (χ0v) is 29.5.